The molecule has 1 N–H and O–H groups in total. The first kappa shape index (κ1) is 14.6. The quantitative estimate of drug-likeness (QED) is 0.918. The van der Waals surface area contributed by atoms with Crippen LogP contribution in [0.3, 0.4) is 0 Å². The topological polar surface area (TPSA) is 40.5 Å². The van der Waals surface area contributed by atoms with Crippen molar-refractivity contribution in [3.8, 4) is 0 Å². The third kappa shape index (κ3) is 3.13. The highest BCUT2D eigenvalue weighted by Crippen LogP contribution is 2.40. The van der Waals surface area contributed by atoms with Gasteiger partial charge in [-0.1, -0.05) is 30.2 Å². The maximum atomic E-state index is 10.9. The van der Waals surface area contributed by atoms with Crippen molar-refractivity contribution in [2.24, 2.45) is 0 Å². The highest BCUT2D eigenvalue weighted by Gasteiger charge is 2.33. The molecule has 3 nitrogen and oxygen atoms in total. The van der Waals surface area contributed by atoms with E-state index in [-0.39, 0.29) is 0 Å². The monoisotopic (exact) mass is 287 g/mol. The molecule has 0 bridgehead atoms. The molecule has 1 aliphatic carbocycles. The van der Waals surface area contributed by atoms with E-state index in [1.165, 1.54) is 42.4 Å². The average Bonchev–Trinajstić information content (AvgIpc) is 2.88. The van der Waals surface area contributed by atoms with Crippen molar-refractivity contribution < 1.29 is 9.90 Å². The Labute approximate surface area is 127 Å². The summed E-state index contributed by atoms with van der Waals surface area (Å²) in [5.74, 6) is -0.664. The molecule has 2 unspecified atom stereocenters. The molecule has 0 spiro atoms. The Balaban J connectivity index is 1.78. The number of carboxylic acids is 1. The Morgan fingerprint density at radius 1 is 1.33 bits per heavy atom. The number of benzene rings is 1. The molecule has 1 saturated heterocycles. The summed E-state index contributed by atoms with van der Waals surface area (Å²) in [4.78, 5) is 13.5. The molecule has 1 aliphatic heterocycles. The fourth-order valence-corrected chi connectivity index (χ4v) is 4.08. The summed E-state index contributed by atoms with van der Waals surface area (Å²) in [5.41, 5.74) is 4.32. The number of likely N-dealkylation sites (tertiary alicyclic amines) is 1. The molecule has 2 aliphatic rings. The average molecular weight is 287 g/mol. The van der Waals surface area contributed by atoms with Gasteiger partial charge in [0, 0.05) is 18.5 Å². The van der Waals surface area contributed by atoms with Crippen molar-refractivity contribution in [2.75, 3.05) is 6.54 Å². The number of piperidine rings is 1. The predicted octanol–water partition coefficient (Wildman–Crippen LogP) is 3.70. The van der Waals surface area contributed by atoms with Crippen LogP contribution in [-0.4, -0.2) is 28.6 Å². The molecule has 0 saturated carbocycles. The highest BCUT2D eigenvalue weighted by molar-refractivity contribution is 5.66. The minimum Gasteiger partial charge on any atom is -0.481 e. The number of rotatable bonds is 4. The summed E-state index contributed by atoms with van der Waals surface area (Å²) in [7, 11) is 0. The van der Waals surface area contributed by atoms with Crippen LogP contribution in [0, 0.1) is 6.92 Å². The Morgan fingerprint density at radius 3 is 3.00 bits per heavy atom. The highest BCUT2D eigenvalue weighted by atomic mass is 16.4. The Bertz CT molecular complexity index is 526. The zero-order valence-electron chi connectivity index (χ0n) is 12.8. The van der Waals surface area contributed by atoms with Crippen LogP contribution in [0.1, 0.15) is 61.3 Å². The zero-order valence-corrected chi connectivity index (χ0v) is 12.8. The van der Waals surface area contributed by atoms with E-state index < -0.39 is 5.97 Å². The van der Waals surface area contributed by atoms with Gasteiger partial charge in [-0.05, 0) is 56.7 Å². The van der Waals surface area contributed by atoms with E-state index in [2.05, 4.69) is 30.0 Å². The molecule has 21 heavy (non-hydrogen) atoms. The van der Waals surface area contributed by atoms with E-state index >= 15 is 0 Å². The SMILES string of the molecule is Cc1ccc2c(c1)C(N1CCCCC1CCC(=O)O)CC2. The van der Waals surface area contributed by atoms with Gasteiger partial charge in [0.25, 0.3) is 0 Å². The molecule has 0 aromatic heterocycles. The fourth-order valence-electron chi connectivity index (χ4n) is 4.08. The third-order valence-electron chi connectivity index (χ3n) is 5.11. The van der Waals surface area contributed by atoms with Gasteiger partial charge in [-0.2, -0.15) is 0 Å². The van der Waals surface area contributed by atoms with Crippen LogP contribution in [0.5, 0.6) is 0 Å². The minimum absolute atomic E-state index is 0.300. The largest absolute Gasteiger partial charge is 0.481 e. The fraction of sp³-hybridized carbons (Fsp3) is 0.611. The Hall–Kier alpha value is -1.35. The van der Waals surface area contributed by atoms with Gasteiger partial charge in [0.15, 0.2) is 0 Å². The first-order valence-corrected chi connectivity index (χ1v) is 8.22. The van der Waals surface area contributed by atoms with Crippen LogP contribution in [0.4, 0.5) is 0 Å². The van der Waals surface area contributed by atoms with Gasteiger partial charge in [-0.25, -0.2) is 0 Å². The second kappa shape index (κ2) is 6.18. The molecule has 114 valence electrons. The number of carboxylic acid groups (broad SMARTS) is 1. The van der Waals surface area contributed by atoms with Gasteiger partial charge < -0.3 is 5.11 Å². The maximum absolute atomic E-state index is 10.9. The van der Waals surface area contributed by atoms with Gasteiger partial charge in [0.2, 0.25) is 0 Å². The van der Waals surface area contributed by atoms with Gasteiger partial charge in [-0.3, -0.25) is 9.69 Å². The zero-order chi connectivity index (χ0) is 14.8. The lowest BCUT2D eigenvalue weighted by Gasteiger charge is -2.40. The summed E-state index contributed by atoms with van der Waals surface area (Å²) >= 11 is 0. The molecule has 3 rings (SSSR count). The van der Waals surface area contributed by atoms with Crippen molar-refractivity contribution in [2.45, 2.75) is 64.0 Å². The standard InChI is InChI=1S/C18H25NO2/c1-13-5-6-14-7-9-17(16(14)12-13)19-11-3-2-4-15(19)8-10-18(20)21/h5-6,12,15,17H,2-4,7-11H2,1H3,(H,20,21). The number of fused-ring (bicyclic) bond motifs is 1. The maximum Gasteiger partial charge on any atom is 0.303 e. The van der Waals surface area contributed by atoms with Gasteiger partial charge in [0.05, 0.1) is 0 Å². The molecule has 3 heteroatoms. The van der Waals surface area contributed by atoms with E-state index in [9.17, 15) is 4.79 Å². The third-order valence-corrected chi connectivity index (χ3v) is 5.11. The van der Waals surface area contributed by atoms with Gasteiger partial charge >= 0.3 is 5.97 Å². The van der Waals surface area contributed by atoms with Crippen molar-refractivity contribution in [3.05, 3.63) is 34.9 Å². The lowest BCUT2D eigenvalue weighted by atomic mass is 9.94. The molecule has 2 atom stereocenters. The molecular formula is C18H25NO2. The number of carbonyl (C=O) groups is 1. The molecule has 1 aromatic rings. The Kier molecular flexibility index (Phi) is 4.29. The molecular weight excluding hydrogens is 262 g/mol. The number of nitrogens with zero attached hydrogens (tertiary/aromatic N) is 1. The van der Waals surface area contributed by atoms with Crippen LogP contribution in [0.2, 0.25) is 0 Å². The molecule has 1 aromatic carbocycles. The van der Waals surface area contributed by atoms with Crippen molar-refractivity contribution in [1.82, 2.24) is 4.90 Å². The first-order chi connectivity index (χ1) is 10.1. The normalized spacial score (nSPS) is 25.8. The number of aliphatic carboxylic acids is 1. The van der Waals surface area contributed by atoms with Crippen molar-refractivity contribution >= 4 is 5.97 Å². The van der Waals surface area contributed by atoms with E-state index in [1.54, 1.807) is 0 Å². The first-order valence-electron chi connectivity index (χ1n) is 8.22. The lowest BCUT2D eigenvalue weighted by Crippen LogP contribution is -2.41. The second-order valence-corrected chi connectivity index (χ2v) is 6.58. The van der Waals surface area contributed by atoms with Crippen LogP contribution in [0.25, 0.3) is 0 Å². The van der Waals surface area contributed by atoms with Crippen LogP contribution < -0.4 is 0 Å². The van der Waals surface area contributed by atoms with Crippen molar-refractivity contribution in [3.63, 3.8) is 0 Å². The summed E-state index contributed by atoms with van der Waals surface area (Å²) in [6.07, 6.45) is 7.12. The van der Waals surface area contributed by atoms with E-state index in [4.69, 9.17) is 5.11 Å². The molecule has 0 radical (unpaired) electrons. The van der Waals surface area contributed by atoms with E-state index in [0.717, 1.165) is 19.4 Å². The molecule has 0 amide bonds. The second-order valence-electron chi connectivity index (χ2n) is 6.58. The van der Waals surface area contributed by atoms with Crippen LogP contribution in [0.15, 0.2) is 18.2 Å². The smallest absolute Gasteiger partial charge is 0.303 e. The van der Waals surface area contributed by atoms with E-state index in [0.29, 0.717) is 18.5 Å². The van der Waals surface area contributed by atoms with Crippen LogP contribution >= 0.6 is 0 Å². The van der Waals surface area contributed by atoms with Crippen LogP contribution in [-0.2, 0) is 11.2 Å². The predicted molar refractivity (Wildman–Crippen MR) is 83.5 cm³/mol. The Morgan fingerprint density at radius 2 is 2.19 bits per heavy atom. The summed E-state index contributed by atoms with van der Waals surface area (Å²) in [6, 6.07) is 7.79. The summed E-state index contributed by atoms with van der Waals surface area (Å²) in [6.45, 7) is 3.29. The summed E-state index contributed by atoms with van der Waals surface area (Å²) < 4.78 is 0. The number of hydrogen-bond acceptors (Lipinski definition) is 2. The molecule has 1 fully saturated rings. The summed E-state index contributed by atoms with van der Waals surface area (Å²) in [5, 5.41) is 8.97. The van der Waals surface area contributed by atoms with Gasteiger partial charge in [-0.15, -0.1) is 0 Å². The van der Waals surface area contributed by atoms with Crippen molar-refractivity contribution in [1.29, 1.82) is 0 Å². The molecule has 1 heterocycles. The number of aryl methyl sites for hydroxylation is 2. The minimum atomic E-state index is -0.664. The van der Waals surface area contributed by atoms with E-state index in [1.807, 2.05) is 0 Å². The number of hydrogen-bond donors (Lipinski definition) is 1. The van der Waals surface area contributed by atoms with Gasteiger partial charge in [0.1, 0.15) is 0 Å². The lowest BCUT2D eigenvalue weighted by molar-refractivity contribution is -0.137.